The highest BCUT2D eigenvalue weighted by Crippen LogP contribution is 2.27. The number of hydrogen-bond acceptors (Lipinski definition) is 5. The summed E-state index contributed by atoms with van der Waals surface area (Å²) in [6, 6.07) is 8.89. The van der Waals surface area contributed by atoms with E-state index in [9.17, 15) is 9.59 Å². The monoisotopic (exact) mass is 432 g/mol. The SMILES string of the molecule is COc1ccc(Cl)cc1C(=O)N1CCC(Cc2n[nH]c(=O)n2-c2cccs2)CC1. The highest BCUT2D eigenvalue weighted by molar-refractivity contribution is 7.12. The molecule has 3 aromatic rings. The maximum Gasteiger partial charge on any atom is 0.348 e. The molecule has 2 aromatic heterocycles. The molecule has 1 saturated heterocycles. The van der Waals surface area contributed by atoms with Gasteiger partial charge in [0.15, 0.2) is 0 Å². The maximum absolute atomic E-state index is 12.9. The van der Waals surface area contributed by atoms with Crippen molar-refractivity contribution in [1.82, 2.24) is 19.7 Å². The molecule has 1 amide bonds. The first-order valence-corrected chi connectivity index (χ1v) is 10.7. The Hall–Kier alpha value is -2.58. The number of thiophene rings is 1. The predicted molar refractivity (Wildman–Crippen MR) is 112 cm³/mol. The molecule has 1 N–H and O–H groups in total. The molecule has 29 heavy (non-hydrogen) atoms. The van der Waals surface area contributed by atoms with Crippen LogP contribution in [-0.4, -0.2) is 45.8 Å². The van der Waals surface area contributed by atoms with Gasteiger partial charge >= 0.3 is 5.69 Å². The van der Waals surface area contributed by atoms with E-state index >= 15 is 0 Å². The fraction of sp³-hybridized carbons (Fsp3) is 0.350. The van der Waals surface area contributed by atoms with E-state index < -0.39 is 0 Å². The number of hydrogen-bond donors (Lipinski definition) is 1. The minimum atomic E-state index is -0.219. The first-order valence-electron chi connectivity index (χ1n) is 9.40. The second kappa shape index (κ2) is 8.42. The highest BCUT2D eigenvalue weighted by Gasteiger charge is 2.27. The summed E-state index contributed by atoms with van der Waals surface area (Å²) in [5.74, 6) is 1.55. The number of nitrogens with one attached hydrogen (secondary N) is 1. The molecule has 7 nitrogen and oxygen atoms in total. The minimum Gasteiger partial charge on any atom is -0.496 e. The number of likely N-dealkylation sites (tertiary alicyclic amines) is 1. The highest BCUT2D eigenvalue weighted by atomic mass is 35.5. The average Bonchev–Trinajstić information content (AvgIpc) is 3.37. The van der Waals surface area contributed by atoms with Gasteiger partial charge in [-0.05, 0) is 54.5 Å². The zero-order valence-electron chi connectivity index (χ0n) is 15.9. The number of carbonyl (C=O) groups excluding carboxylic acids is 1. The van der Waals surface area contributed by atoms with Crippen molar-refractivity contribution in [3.63, 3.8) is 0 Å². The number of rotatable bonds is 5. The van der Waals surface area contributed by atoms with Crippen LogP contribution in [0.4, 0.5) is 0 Å². The fourth-order valence-electron chi connectivity index (χ4n) is 3.71. The lowest BCUT2D eigenvalue weighted by Gasteiger charge is -2.32. The third-order valence-corrected chi connectivity index (χ3v) is 6.32. The molecule has 3 heterocycles. The van der Waals surface area contributed by atoms with Gasteiger partial charge in [0, 0.05) is 24.5 Å². The van der Waals surface area contributed by atoms with Crippen LogP contribution in [0.25, 0.3) is 5.00 Å². The standard InChI is InChI=1S/C20H21ClN4O3S/c1-28-16-5-4-14(21)12-15(16)19(26)24-8-6-13(7-9-24)11-17-22-23-20(27)25(17)18-3-2-10-29-18/h2-5,10,12-13H,6-9,11H2,1H3,(H,23,27). The molecule has 0 unspecified atom stereocenters. The number of carbonyl (C=O) groups is 1. The lowest BCUT2D eigenvalue weighted by atomic mass is 9.92. The van der Waals surface area contributed by atoms with E-state index in [1.807, 2.05) is 22.4 Å². The van der Waals surface area contributed by atoms with Crippen LogP contribution in [0.2, 0.25) is 5.02 Å². The Labute approximate surface area is 176 Å². The Balaban J connectivity index is 1.43. The van der Waals surface area contributed by atoms with Crippen molar-refractivity contribution in [2.75, 3.05) is 20.2 Å². The quantitative estimate of drug-likeness (QED) is 0.670. The molecule has 0 bridgehead atoms. The second-order valence-corrected chi connectivity index (χ2v) is 8.38. The van der Waals surface area contributed by atoms with Gasteiger partial charge in [0.2, 0.25) is 0 Å². The van der Waals surface area contributed by atoms with Gasteiger partial charge < -0.3 is 9.64 Å². The summed E-state index contributed by atoms with van der Waals surface area (Å²) in [4.78, 5) is 26.9. The Morgan fingerprint density at radius 3 is 2.83 bits per heavy atom. The molecule has 1 aliphatic rings. The Morgan fingerprint density at radius 2 is 2.14 bits per heavy atom. The summed E-state index contributed by atoms with van der Waals surface area (Å²) in [6.45, 7) is 1.29. The summed E-state index contributed by atoms with van der Waals surface area (Å²) >= 11 is 7.57. The van der Waals surface area contributed by atoms with Gasteiger partial charge in [0.05, 0.1) is 12.7 Å². The van der Waals surface area contributed by atoms with Crippen LogP contribution in [0.15, 0.2) is 40.5 Å². The molecule has 1 aromatic carbocycles. The van der Waals surface area contributed by atoms with E-state index in [4.69, 9.17) is 16.3 Å². The molecule has 4 rings (SSSR count). The van der Waals surface area contributed by atoms with E-state index in [1.54, 1.807) is 29.9 Å². The largest absolute Gasteiger partial charge is 0.496 e. The Bertz CT molecular complexity index is 1050. The first-order chi connectivity index (χ1) is 14.1. The normalized spacial score (nSPS) is 14.9. The Kier molecular flexibility index (Phi) is 5.73. The van der Waals surface area contributed by atoms with Crippen molar-refractivity contribution in [3.05, 3.63) is 62.6 Å². The van der Waals surface area contributed by atoms with E-state index in [-0.39, 0.29) is 11.6 Å². The second-order valence-electron chi connectivity index (χ2n) is 7.02. The number of amides is 1. The van der Waals surface area contributed by atoms with E-state index in [2.05, 4.69) is 10.2 Å². The number of piperidine rings is 1. The molecule has 0 spiro atoms. The molecule has 0 saturated carbocycles. The number of halogens is 1. The van der Waals surface area contributed by atoms with Crippen LogP contribution >= 0.6 is 22.9 Å². The summed E-state index contributed by atoms with van der Waals surface area (Å²) in [5, 5.41) is 10.1. The van der Waals surface area contributed by atoms with E-state index in [0.717, 1.165) is 23.7 Å². The van der Waals surface area contributed by atoms with Gasteiger partial charge in [0.25, 0.3) is 5.91 Å². The van der Waals surface area contributed by atoms with Crippen LogP contribution in [0, 0.1) is 5.92 Å². The summed E-state index contributed by atoms with van der Waals surface area (Å²) < 4.78 is 6.95. The van der Waals surface area contributed by atoms with Crippen molar-refractivity contribution in [2.45, 2.75) is 19.3 Å². The van der Waals surface area contributed by atoms with Gasteiger partial charge in [-0.3, -0.25) is 4.79 Å². The van der Waals surface area contributed by atoms with Gasteiger partial charge in [-0.15, -0.1) is 11.3 Å². The Morgan fingerprint density at radius 1 is 1.34 bits per heavy atom. The molecule has 152 valence electrons. The summed E-state index contributed by atoms with van der Waals surface area (Å²) in [6.07, 6.45) is 2.39. The zero-order chi connectivity index (χ0) is 20.4. The van der Waals surface area contributed by atoms with Crippen LogP contribution in [0.1, 0.15) is 29.0 Å². The molecular formula is C20H21ClN4O3S. The van der Waals surface area contributed by atoms with Crippen molar-refractivity contribution < 1.29 is 9.53 Å². The first kappa shape index (κ1) is 19.7. The molecule has 0 aliphatic carbocycles. The summed E-state index contributed by atoms with van der Waals surface area (Å²) in [7, 11) is 1.54. The molecule has 1 fully saturated rings. The van der Waals surface area contributed by atoms with Gasteiger partial charge in [0.1, 0.15) is 16.6 Å². The number of aromatic nitrogens is 3. The van der Waals surface area contributed by atoms with Gasteiger partial charge in [-0.2, -0.15) is 5.10 Å². The van der Waals surface area contributed by atoms with Crippen molar-refractivity contribution in [3.8, 4) is 10.8 Å². The zero-order valence-corrected chi connectivity index (χ0v) is 17.5. The third kappa shape index (κ3) is 4.09. The smallest absolute Gasteiger partial charge is 0.348 e. The molecular weight excluding hydrogens is 412 g/mol. The number of benzene rings is 1. The number of methoxy groups -OCH3 is 1. The van der Waals surface area contributed by atoms with Crippen molar-refractivity contribution >= 4 is 28.8 Å². The number of nitrogens with zero attached hydrogens (tertiary/aromatic N) is 3. The topological polar surface area (TPSA) is 80.2 Å². The number of ether oxygens (including phenoxy) is 1. The van der Waals surface area contributed by atoms with Crippen LogP contribution in [-0.2, 0) is 6.42 Å². The molecule has 9 heteroatoms. The van der Waals surface area contributed by atoms with Crippen LogP contribution in [0.3, 0.4) is 0 Å². The van der Waals surface area contributed by atoms with Gasteiger partial charge in [-0.25, -0.2) is 14.5 Å². The van der Waals surface area contributed by atoms with E-state index in [1.165, 1.54) is 11.3 Å². The fourth-order valence-corrected chi connectivity index (χ4v) is 4.63. The minimum absolute atomic E-state index is 0.0712. The lowest BCUT2D eigenvalue weighted by Crippen LogP contribution is -2.39. The predicted octanol–water partition coefficient (Wildman–Crippen LogP) is 3.38. The third-order valence-electron chi connectivity index (χ3n) is 5.23. The van der Waals surface area contributed by atoms with Crippen LogP contribution < -0.4 is 10.4 Å². The van der Waals surface area contributed by atoms with Crippen LogP contribution in [0.5, 0.6) is 5.75 Å². The molecule has 1 aliphatic heterocycles. The maximum atomic E-state index is 12.9. The van der Waals surface area contributed by atoms with Gasteiger partial charge in [-0.1, -0.05) is 11.6 Å². The molecule has 0 radical (unpaired) electrons. The van der Waals surface area contributed by atoms with Crippen molar-refractivity contribution in [2.24, 2.45) is 5.92 Å². The summed E-state index contributed by atoms with van der Waals surface area (Å²) in [5.41, 5.74) is 0.264. The number of H-pyrrole nitrogens is 1. The number of aromatic amines is 1. The van der Waals surface area contributed by atoms with E-state index in [0.29, 0.717) is 41.8 Å². The average molecular weight is 433 g/mol. The molecule has 0 atom stereocenters. The van der Waals surface area contributed by atoms with Crippen molar-refractivity contribution in [1.29, 1.82) is 0 Å². The lowest BCUT2D eigenvalue weighted by molar-refractivity contribution is 0.0686.